The van der Waals surface area contributed by atoms with Crippen molar-refractivity contribution in [3.8, 4) is 0 Å². The molecule has 1 amide bonds. The molecule has 1 atom stereocenters. The summed E-state index contributed by atoms with van der Waals surface area (Å²) >= 11 is 3.47. The predicted octanol–water partition coefficient (Wildman–Crippen LogP) is 2.54. The molecule has 1 aromatic rings. The summed E-state index contributed by atoms with van der Waals surface area (Å²) in [6.45, 7) is 0. The first-order chi connectivity index (χ1) is 8.70. The molecule has 0 saturated heterocycles. The maximum absolute atomic E-state index is 12.0. The van der Waals surface area contributed by atoms with Crippen LogP contribution < -0.4 is 11.1 Å². The van der Waals surface area contributed by atoms with Crippen LogP contribution >= 0.6 is 23.1 Å². The lowest BCUT2D eigenvalue weighted by Gasteiger charge is -2.28. The highest BCUT2D eigenvalue weighted by molar-refractivity contribution is 7.99. The summed E-state index contributed by atoms with van der Waals surface area (Å²) in [6.07, 6.45) is 6.71. The first-order valence-corrected chi connectivity index (χ1v) is 8.49. The molecule has 0 aliphatic heterocycles. The topological polar surface area (TPSA) is 55.1 Å². The monoisotopic (exact) mass is 284 g/mol. The van der Waals surface area contributed by atoms with Gasteiger partial charge >= 0.3 is 0 Å². The van der Waals surface area contributed by atoms with E-state index in [4.69, 9.17) is 5.73 Å². The molecule has 0 aromatic carbocycles. The quantitative estimate of drug-likeness (QED) is 0.893. The number of carbonyl (C=O) groups excluding carboxylic acids is 1. The fourth-order valence-corrected chi connectivity index (χ4v) is 3.80. The van der Waals surface area contributed by atoms with Crippen molar-refractivity contribution in [2.45, 2.75) is 43.0 Å². The van der Waals surface area contributed by atoms with Crippen LogP contribution in [0, 0.1) is 0 Å². The van der Waals surface area contributed by atoms with Crippen molar-refractivity contribution in [3.63, 3.8) is 0 Å². The summed E-state index contributed by atoms with van der Waals surface area (Å²) < 4.78 is 0. The van der Waals surface area contributed by atoms with Gasteiger partial charge in [-0.2, -0.15) is 11.8 Å². The number of rotatable bonds is 4. The van der Waals surface area contributed by atoms with Crippen LogP contribution in [0.2, 0.25) is 0 Å². The van der Waals surface area contributed by atoms with E-state index >= 15 is 0 Å². The average molecular weight is 284 g/mol. The van der Waals surface area contributed by atoms with Gasteiger partial charge < -0.3 is 11.1 Å². The van der Waals surface area contributed by atoms with Gasteiger partial charge in [-0.3, -0.25) is 4.79 Å². The molecule has 1 aliphatic rings. The third-order valence-electron chi connectivity index (χ3n) is 3.49. The molecule has 1 aromatic heterocycles. The Bertz CT molecular complexity index is 372. The van der Waals surface area contributed by atoms with Crippen molar-refractivity contribution < 1.29 is 4.79 Å². The smallest absolute Gasteiger partial charge is 0.242 e. The Kier molecular flexibility index (Phi) is 5.09. The molecule has 1 fully saturated rings. The molecule has 1 saturated carbocycles. The van der Waals surface area contributed by atoms with Gasteiger partial charge in [-0.1, -0.05) is 6.07 Å². The number of nitrogens with one attached hydrogen (secondary N) is 1. The molecule has 18 heavy (non-hydrogen) atoms. The largest absolute Gasteiger partial charge is 0.352 e. The molecule has 0 bridgehead atoms. The van der Waals surface area contributed by atoms with Gasteiger partial charge in [-0.15, -0.1) is 11.3 Å². The second-order valence-electron chi connectivity index (χ2n) is 4.71. The van der Waals surface area contributed by atoms with Crippen molar-refractivity contribution in [1.82, 2.24) is 5.32 Å². The van der Waals surface area contributed by atoms with Gasteiger partial charge in [0.05, 0.1) is 0 Å². The summed E-state index contributed by atoms with van der Waals surface area (Å²) in [5.41, 5.74) is 5.95. The summed E-state index contributed by atoms with van der Waals surface area (Å²) in [5, 5.41) is 5.80. The van der Waals surface area contributed by atoms with Gasteiger partial charge in [0.25, 0.3) is 0 Å². The van der Waals surface area contributed by atoms with Gasteiger partial charge in [0.15, 0.2) is 0 Å². The highest BCUT2D eigenvalue weighted by Crippen LogP contribution is 2.27. The van der Waals surface area contributed by atoms with Gasteiger partial charge in [0, 0.05) is 16.2 Å². The lowest BCUT2D eigenvalue weighted by molar-refractivity contribution is -0.123. The van der Waals surface area contributed by atoms with Gasteiger partial charge in [-0.25, -0.2) is 0 Å². The van der Waals surface area contributed by atoms with E-state index < -0.39 is 6.04 Å². The van der Waals surface area contributed by atoms with Gasteiger partial charge in [-0.05, 0) is 43.4 Å². The zero-order valence-electron chi connectivity index (χ0n) is 10.6. The van der Waals surface area contributed by atoms with Crippen molar-refractivity contribution >= 4 is 29.0 Å². The lowest BCUT2D eigenvalue weighted by Crippen LogP contribution is -2.42. The molecule has 0 radical (unpaired) electrons. The van der Waals surface area contributed by atoms with E-state index in [2.05, 4.69) is 11.6 Å². The highest BCUT2D eigenvalue weighted by atomic mass is 32.2. The molecule has 1 heterocycles. The maximum atomic E-state index is 12.0. The Hall–Kier alpha value is -0.520. The van der Waals surface area contributed by atoms with Crippen molar-refractivity contribution in [2.75, 3.05) is 6.26 Å². The van der Waals surface area contributed by atoms with Crippen LogP contribution in [0.5, 0.6) is 0 Å². The van der Waals surface area contributed by atoms with Crippen molar-refractivity contribution in [1.29, 1.82) is 0 Å². The summed E-state index contributed by atoms with van der Waals surface area (Å²) in [6, 6.07) is 3.64. The van der Waals surface area contributed by atoms with Crippen LogP contribution in [-0.4, -0.2) is 23.5 Å². The molecule has 2 rings (SSSR count). The third-order valence-corrected chi connectivity index (χ3v) is 5.58. The Morgan fingerprint density at radius 1 is 1.50 bits per heavy atom. The molecule has 0 spiro atoms. The van der Waals surface area contributed by atoms with Crippen LogP contribution in [0.4, 0.5) is 0 Å². The predicted molar refractivity (Wildman–Crippen MR) is 78.9 cm³/mol. The number of hydrogen-bond donors (Lipinski definition) is 2. The van der Waals surface area contributed by atoms with E-state index in [1.54, 1.807) is 0 Å². The lowest BCUT2D eigenvalue weighted by atomic mass is 9.94. The molecule has 1 aliphatic carbocycles. The Labute approximate surface area is 117 Å². The van der Waals surface area contributed by atoms with Gasteiger partial charge in [0.2, 0.25) is 5.91 Å². The van der Waals surface area contributed by atoms with E-state index in [1.165, 1.54) is 24.2 Å². The maximum Gasteiger partial charge on any atom is 0.242 e. The molecule has 3 N–H and O–H groups in total. The summed E-state index contributed by atoms with van der Waals surface area (Å²) in [7, 11) is 0. The van der Waals surface area contributed by atoms with Crippen LogP contribution in [0.25, 0.3) is 0 Å². The number of nitrogens with two attached hydrogens (primary N) is 1. The van der Waals surface area contributed by atoms with E-state index in [0.29, 0.717) is 6.04 Å². The second-order valence-corrected chi connectivity index (χ2v) is 6.83. The molecule has 1 unspecified atom stereocenters. The van der Waals surface area contributed by atoms with Crippen molar-refractivity contribution in [3.05, 3.63) is 22.4 Å². The minimum Gasteiger partial charge on any atom is -0.352 e. The molecular formula is C13H20N2OS2. The first kappa shape index (κ1) is 13.9. The molecule has 5 heteroatoms. The van der Waals surface area contributed by atoms with Gasteiger partial charge in [0.1, 0.15) is 6.04 Å². The number of thiophene rings is 1. The van der Waals surface area contributed by atoms with Crippen LogP contribution in [0.3, 0.4) is 0 Å². The number of hydrogen-bond acceptors (Lipinski definition) is 4. The summed E-state index contributed by atoms with van der Waals surface area (Å²) in [5.74, 6) is -0.0370. The molecule has 3 nitrogen and oxygen atoms in total. The average Bonchev–Trinajstić information content (AvgIpc) is 2.92. The second kappa shape index (κ2) is 6.59. The fourth-order valence-electron chi connectivity index (χ4n) is 2.33. The fraction of sp³-hybridized carbons (Fsp3) is 0.615. The summed E-state index contributed by atoms with van der Waals surface area (Å²) in [4.78, 5) is 13.0. The number of carbonyl (C=O) groups is 1. The standard InChI is InChI=1S/C13H20N2OS2/c1-17-10-6-4-9(5-7-10)15-13(16)12(14)11-3-2-8-18-11/h2-3,8-10,12H,4-7,14H2,1H3,(H,15,16). The molecular weight excluding hydrogens is 264 g/mol. The van der Waals surface area contributed by atoms with Crippen LogP contribution in [-0.2, 0) is 4.79 Å². The number of thioether (sulfide) groups is 1. The molecule has 100 valence electrons. The Balaban J connectivity index is 1.81. The SMILES string of the molecule is CSC1CCC(NC(=O)C(N)c2cccs2)CC1. The van der Waals surface area contributed by atoms with E-state index in [1.807, 2.05) is 29.3 Å². The first-order valence-electron chi connectivity index (χ1n) is 6.33. The van der Waals surface area contributed by atoms with Crippen LogP contribution in [0.15, 0.2) is 17.5 Å². The van der Waals surface area contributed by atoms with Crippen LogP contribution in [0.1, 0.15) is 36.6 Å². The highest BCUT2D eigenvalue weighted by Gasteiger charge is 2.24. The minimum absolute atomic E-state index is 0.0370. The van der Waals surface area contributed by atoms with E-state index in [0.717, 1.165) is 23.0 Å². The Morgan fingerprint density at radius 2 is 2.22 bits per heavy atom. The number of amides is 1. The minimum atomic E-state index is -0.511. The Morgan fingerprint density at radius 3 is 2.78 bits per heavy atom. The normalized spacial score (nSPS) is 25.7. The zero-order valence-corrected chi connectivity index (χ0v) is 12.2. The third kappa shape index (κ3) is 3.49. The van der Waals surface area contributed by atoms with E-state index in [-0.39, 0.29) is 5.91 Å². The van der Waals surface area contributed by atoms with E-state index in [9.17, 15) is 4.79 Å². The zero-order chi connectivity index (χ0) is 13.0. The van der Waals surface area contributed by atoms with Crippen molar-refractivity contribution in [2.24, 2.45) is 5.73 Å².